The smallest absolute Gasteiger partial charge is 0.0342 e. The molecule has 0 fully saturated rings. The molecule has 56 valence electrons. The van der Waals surface area contributed by atoms with E-state index in [1.54, 1.807) is 18.5 Å². The van der Waals surface area contributed by atoms with Crippen LogP contribution in [0.5, 0.6) is 0 Å². The second-order valence-electron chi connectivity index (χ2n) is 2.26. The van der Waals surface area contributed by atoms with Crippen LogP contribution >= 0.6 is 0 Å². The molecule has 0 saturated heterocycles. The molecule has 2 heteroatoms. The van der Waals surface area contributed by atoms with Crippen molar-refractivity contribution in [3.05, 3.63) is 36.2 Å². The Morgan fingerprint density at radius 2 is 2.45 bits per heavy atom. The van der Waals surface area contributed by atoms with Gasteiger partial charge < -0.3 is 5.41 Å². The van der Waals surface area contributed by atoms with Crippen molar-refractivity contribution in [1.82, 2.24) is 4.98 Å². The predicted molar refractivity (Wildman–Crippen MR) is 46.7 cm³/mol. The minimum Gasteiger partial charge on any atom is -0.309 e. The van der Waals surface area contributed by atoms with E-state index in [-0.39, 0.29) is 0 Å². The molecule has 1 aromatic rings. The average Bonchev–Trinajstić information content (AvgIpc) is 2.07. The summed E-state index contributed by atoms with van der Waals surface area (Å²) < 4.78 is 0. The van der Waals surface area contributed by atoms with E-state index in [9.17, 15) is 0 Å². The zero-order valence-corrected chi connectivity index (χ0v) is 6.41. The maximum absolute atomic E-state index is 6.86. The minimum atomic E-state index is 1.06. The molecule has 11 heavy (non-hydrogen) atoms. The third kappa shape index (κ3) is 2.00. The summed E-state index contributed by atoms with van der Waals surface area (Å²) in [5, 5.41) is 6.86. The molecule has 0 atom stereocenters. The number of pyridine rings is 1. The van der Waals surface area contributed by atoms with Crippen molar-refractivity contribution < 1.29 is 0 Å². The average molecular weight is 146 g/mol. The Bertz CT molecular complexity index is 262. The van der Waals surface area contributed by atoms with E-state index in [4.69, 9.17) is 5.41 Å². The van der Waals surface area contributed by atoms with Crippen LogP contribution in [0, 0.1) is 5.41 Å². The Labute approximate surface area is 66.1 Å². The second-order valence-corrected chi connectivity index (χ2v) is 2.26. The molecular formula is C9H10N2. The van der Waals surface area contributed by atoms with E-state index in [1.165, 1.54) is 6.21 Å². The summed E-state index contributed by atoms with van der Waals surface area (Å²) in [6.45, 7) is 1.96. The molecule has 0 aromatic carbocycles. The van der Waals surface area contributed by atoms with Gasteiger partial charge in [0.1, 0.15) is 0 Å². The molecule has 0 amide bonds. The van der Waals surface area contributed by atoms with E-state index in [2.05, 4.69) is 4.98 Å². The van der Waals surface area contributed by atoms with Crippen LogP contribution < -0.4 is 0 Å². The van der Waals surface area contributed by atoms with E-state index in [0.29, 0.717) is 0 Å². The molecule has 2 nitrogen and oxygen atoms in total. The van der Waals surface area contributed by atoms with Crippen LogP contribution in [0.1, 0.15) is 12.5 Å². The maximum atomic E-state index is 6.86. The molecule has 0 aliphatic carbocycles. The van der Waals surface area contributed by atoms with Gasteiger partial charge in [-0.3, -0.25) is 4.98 Å². The molecule has 0 bridgehead atoms. The molecular weight excluding hydrogens is 136 g/mol. The number of allylic oxidation sites excluding steroid dienone is 2. The molecule has 1 aromatic heterocycles. The first-order valence-electron chi connectivity index (χ1n) is 3.42. The van der Waals surface area contributed by atoms with Crippen LogP contribution in [0.4, 0.5) is 0 Å². The lowest BCUT2D eigenvalue weighted by molar-refractivity contribution is 1.30. The van der Waals surface area contributed by atoms with Crippen molar-refractivity contribution in [3.8, 4) is 0 Å². The first-order chi connectivity index (χ1) is 5.34. The van der Waals surface area contributed by atoms with E-state index < -0.39 is 0 Å². The lowest BCUT2D eigenvalue weighted by Crippen LogP contribution is -1.80. The van der Waals surface area contributed by atoms with Crippen molar-refractivity contribution in [2.75, 3.05) is 0 Å². The quantitative estimate of drug-likeness (QED) is 0.637. The summed E-state index contributed by atoms with van der Waals surface area (Å²) in [6.07, 6.45) is 6.55. The van der Waals surface area contributed by atoms with Gasteiger partial charge in [0.05, 0.1) is 0 Å². The molecule has 0 aliphatic heterocycles. The third-order valence-corrected chi connectivity index (χ3v) is 1.45. The number of hydrogen-bond acceptors (Lipinski definition) is 2. The standard InChI is InChI=1S/C9H10N2/c1-8(4-5-10)9-3-2-6-11-7-9/h2-7,10H,1H3. The van der Waals surface area contributed by atoms with Gasteiger partial charge >= 0.3 is 0 Å². The largest absolute Gasteiger partial charge is 0.309 e. The maximum Gasteiger partial charge on any atom is 0.0342 e. The van der Waals surface area contributed by atoms with Gasteiger partial charge in [-0.2, -0.15) is 0 Å². The summed E-state index contributed by atoms with van der Waals surface area (Å²) in [6, 6.07) is 3.86. The summed E-state index contributed by atoms with van der Waals surface area (Å²) in [7, 11) is 0. The highest BCUT2D eigenvalue weighted by atomic mass is 14.6. The van der Waals surface area contributed by atoms with Gasteiger partial charge in [0.25, 0.3) is 0 Å². The van der Waals surface area contributed by atoms with E-state index in [0.717, 1.165) is 11.1 Å². The Hall–Kier alpha value is -1.44. The SMILES string of the molecule is CC(=CC=N)c1cccnc1. The van der Waals surface area contributed by atoms with Gasteiger partial charge in [0, 0.05) is 18.6 Å². The fraction of sp³-hybridized carbons (Fsp3) is 0.111. The van der Waals surface area contributed by atoms with Gasteiger partial charge in [-0.25, -0.2) is 0 Å². The fourth-order valence-corrected chi connectivity index (χ4v) is 0.817. The van der Waals surface area contributed by atoms with Crippen molar-refractivity contribution in [2.24, 2.45) is 0 Å². The highest BCUT2D eigenvalue weighted by molar-refractivity contribution is 5.81. The van der Waals surface area contributed by atoms with Crippen LogP contribution in [0.25, 0.3) is 5.57 Å². The van der Waals surface area contributed by atoms with E-state index >= 15 is 0 Å². The molecule has 1 rings (SSSR count). The van der Waals surface area contributed by atoms with Crippen molar-refractivity contribution in [1.29, 1.82) is 5.41 Å². The zero-order valence-electron chi connectivity index (χ0n) is 6.41. The Balaban J connectivity index is 2.94. The summed E-state index contributed by atoms with van der Waals surface area (Å²) in [4.78, 5) is 3.97. The minimum absolute atomic E-state index is 1.06. The van der Waals surface area contributed by atoms with Crippen molar-refractivity contribution >= 4 is 11.8 Å². The molecule has 0 unspecified atom stereocenters. The Kier molecular flexibility index (Phi) is 2.55. The van der Waals surface area contributed by atoms with Crippen molar-refractivity contribution in [2.45, 2.75) is 6.92 Å². The van der Waals surface area contributed by atoms with Crippen LogP contribution in [0.2, 0.25) is 0 Å². The van der Waals surface area contributed by atoms with Crippen LogP contribution in [-0.4, -0.2) is 11.2 Å². The molecule has 0 aliphatic rings. The fourth-order valence-electron chi connectivity index (χ4n) is 0.817. The Morgan fingerprint density at radius 3 is 3.00 bits per heavy atom. The molecule has 0 saturated carbocycles. The molecule has 1 heterocycles. The van der Waals surface area contributed by atoms with Crippen LogP contribution in [-0.2, 0) is 0 Å². The highest BCUT2D eigenvalue weighted by Gasteiger charge is 1.90. The topological polar surface area (TPSA) is 36.7 Å². The Morgan fingerprint density at radius 1 is 1.64 bits per heavy atom. The van der Waals surface area contributed by atoms with Gasteiger partial charge in [0.2, 0.25) is 0 Å². The predicted octanol–water partition coefficient (Wildman–Crippen LogP) is 2.13. The van der Waals surface area contributed by atoms with Gasteiger partial charge in [-0.1, -0.05) is 6.07 Å². The van der Waals surface area contributed by atoms with Gasteiger partial charge in [-0.15, -0.1) is 0 Å². The van der Waals surface area contributed by atoms with Crippen LogP contribution in [0.3, 0.4) is 0 Å². The summed E-state index contributed by atoms with van der Waals surface area (Å²) in [5.41, 5.74) is 2.13. The summed E-state index contributed by atoms with van der Waals surface area (Å²) in [5.74, 6) is 0. The zero-order chi connectivity index (χ0) is 8.10. The lowest BCUT2D eigenvalue weighted by Gasteiger charge is -1.96. The highest BCUT2D eigenvalue weighted by Crippen LogP contribution is 2.09. The monoisotopic (exact) mass is 146 g/mol. The third-order valence-electron chi connectivity index (χ3n) is 1.45. The lowest BCUT2D eigenvalue weighted by atomic mass is 10.1. The number of rotatable bonds is 2. The first kappa shape index (κ1) is 7.66. The second kappa shape index (κ2) is 3.66. The number of nitrogens with one attached hydrogen (secondary N) is 1. The summed E-state index contributed by atoms with van der Waals surface area (Å²) >= 11 is 0. The normalized spacial score (nSPS) is 11.2. The van der Waals surface area contributed by atoms with Gasteiger partial charge in [-0.05, 0) is 30.2 Å². The number of aromatic nitrogens is 1. The van der Waals surface area contributed by atoms with Gasteiger partial charge in [0.15, 0.2) is 0 Å². The number of hydrogen-bond donors (Lipinski definition) is 1. The molecule has 0 spiro atoms. The van der Waals surface area contributed by atoms with Crippen LogP contribution in [0.15, 0.2) is 30.6 Å². The molecule has 1 N–H and O–H groups in total. The number of nitrogens with zero attached hydrogens (tertiary/aromatic N) is 1. The van der Waals surface area contributed by atoms with Crippen molar-refractivity contribution in [3.63, 3.8) is 0 Å². The van der Waals surface area contributed by atoms with E-state index in [1.807, 2.05) is 19.1 Å². The first-order valence-corrected chi connectivity index (χ1v) is 3.42. The molecule has 0 radical (unpaired) electrons.